The molecule has 1 saturated heterocycles. The normalized spacial score (nSPS) is 17.6. The molecule has 3 aliphatic rings. The van der Waals surface area contributed by atoms with Crippen molar-refractivity contribution in [1.29, 1.82) is 0 Å². The first-order valence-electron chi connectivity index (χ1n) is 14.2. The number of carbonyl (C=O) groups excluding carboxylic acids is 2. The molecule has 6 rings (SSSR count). The van der Waals surface area contributed by atoms with E-state index in [0.717, 1.165) is 68.0 Å². The molecule has 3 aromatic rings. The zero-order valence-corrected chi connectivity index (χ0v) is 23.2. The van der Waals surface area contributed by atoms with Crippen molar-refractivity contribution in [2.75, 3.05) is 43.5 Å². The van der Waals surface area contributed by atoms with Crippen molar-refractivity contribution < 1.29 is 14.3 Å². The number of nitrogens with zero attached hydrogens (tertiary/aromatic N) is 5. The smallest absolute Gasteiger partial charge is 0.322 e. The van der Waals surface area contributed by atoms with Gasteiger partial charge in [0.05, 0.1) is 7.11 Å². The summed E-state index contributed by atoms with van der Waals surface area (Å²) >= 11 is 0. The van der Waals surface area contributed by atoms with E-state index in [0.29, 0.717) is 25.3 Å². The average Bonchev–Trinajstić information content (AvgIpc) is 3.17. The average molecular weight is 541 g/mol. The van der Waals surface area contributed by atoms with Crippen molar-refractivity contribution >= 4 is 23.4 Å². The molecule has 40 heavy (non-hydrogen) atoms. The maximum atomic E-state index is 13.4. The molecule has 1 N–H and O–H groups in total. The lowest BCUT2D eigenvalue weighted by molar-refractivity contribution is 0.0728. The molecule has 0 spiro atoms. The number of anilines is 2. The van der Waals surface area contributed by atoms with Gasteiger partial charge in [-0.25, -0.2) is 14.8 Å². The zero-order chi connectivity index (χ0) is 27.6. The maximum Gasteiger partial charge on any atom is 0.322 e. The molecule has 9 nitrogen and oxygen atoms in total. The Morgan fingerprint density at radius 1 is 1.02 bits per heavy atom. The number of aryl methyl sites for hydroxylation is 1. The maximum absolute atomic E-state index is 13.4. The highest BCUT2D eigenvalue weighted by molar-refractivity contribution is 5.93. The van der Waals surface area contributed by atoms with Crippen LogP contribution in [0.1, 0.15) is 52.5 Å². The highest BCUT2D eigenvalue weighted by Crippen LogP contribution is 2.29. The fraction of sp³-hybridized carbons (Fsp3) is 0.419. The molecule has 3 aliphatic heterocycles. The van der Waals surface area contributed by atoms with Crippen LogP contribution >= 0.6 is 0 Å². The summed E-state index contributed by atoms with van der Waals surface area (Å²) in [7, 11) is 1.65. The summed E-state index contributed by atoms with van der Waals surface area (Å²) in [5, 5.41) is 3.08. The van der Waals surface area contributed by atoms with E-state index >= 15 is 0 Å². The van der Waals surface area contributed by atoms with Gasteiger partial charge in [-0.05, 0) is 72.6 Å². The third-order valence-electron chi connectivity index (χ3n) is 8.57. The monoisotopic (exact) mass is 540 g/mol. The third kappa shape index (κ3) is 5.08. The third-order valence-corrected chi connectivity index (χ3v) is 8.57. The number of fused-ring (bicyclic) bond motifs is 2. The van der Waals surface area contributed by atoms with Crippen molar-refractivity contribution in [3.63, 3.8) is 0 Å². The van der Waals surface area contributed by atoms with E-state index in [9.17, 15) is 9.59 Å². The number of hydrogen-bond donors (Lipinski definition) is 1. The second-order valence-corrected chi connectivity index (χ2v) is 10.8. The Bertz CT molecular complexity index is 1420. The molecule has 0 saturated carbocycles. The molecular weight excluding hydrogens is 504 g/mol. The molecule has 4 heterocycles. The van der Waals surface area contributed by atoms with Crippen molar-refractivity contribution in [2.45, 2.75) is 51.6 Å². The van der Waals surface area contributed by atoms with Crippen LogP contribution in [0.5, 0.6) is 5.75 Å². The van der Waals surface area contributed by atoms with Gasteiger partial charge in [0.2, 0.25) is 0 Å². The molecule has 0 unspecified atom stereocenters. The number of nitrogens with one attached hydrogen (secondary N) is 1. The van der Waals surface area contributed by atoms with E-state index in [1.54, 1.807) is 7.11 Å². The van der Waals surface area contributed by atoms with Gasteiger partial charge in [-0.15, -0.1) is 0 Å². The van der Waals surface area contributed by atoms with Gasteiger partial charge in [0.15, 0.2) is 0 Å². The summed E-state index contributed by atoms with van der Waals surface area (Å²) in [5.41, 5.74) is 6.37. The van der Waals surface area contributed by atoms with Crippen LogP contribution in [0.25, 0.3) is 0 Å². The van der Waals surface area contributed by atoms with Crippen LogP contribution in [0.15, 0.2) is 48.8 Å². The molecule has 208 valence electrons. The number of methoxy groups -OCH3 is 1. The number of rotatable bonds is 5. The number of aromatic nitrogens is 2. The highest BCUT2D eigenvalue weighted by atomic mass is 16.5. The molecule has 1 fully saturated rings. The molecule has 0 radical (unpaired) electrons. The van der Waals surface area contributed by atoms with E-state index in [4.69, 9.17) is 4.74 Å². The Morgan fingerprint density at radius 3 is 2.67 bits per heavy atom. The van der Waals surface area contributed by atoms with Gasteiger partial charge >= 0.3 is 6.03 Å². The minimum absolute atomic E-state index is 0.0496. The van der Waals surface area contributed by atoms with Gasteiger partial charge in [-0.3, -0.25) is 4.79 Å². The Balaban J connectivity index is 1.09. The van der Waals surface area contributed by atoms with Gasteiger partial charge in [-0.2, -0.15) is 0 Å². The predicted octanol–water partition coefficient (Wildman–Crippen LogP) is 4.31. The van der Waals surface area contributed by atoms with Crippen LogP contribution in [0.2, 0.25) is 0 Å². The summed E-state index contributed by atoms with van der Waals surface area (Å²) in [6.07, 6.45) is 5.83. The van der Waals surface area contributed by atoms with Crippen LogP contribution in [0.4, 0.5) is 16.3 Å². The van der Waals surface area contributed by atoms with Gasteiger partial charge < -0.3 is 24.8 Å². The first kappa shape index (κ1) is 26.1. The number of piperidine rings is 1. The van der Waals surface area contributed by atoms with Gasteiger partial charge in [0.1, 0.15) is 23.6 Å². The van der Waals surface area contributed by atoms with Crippen molar-refractivity contribution in [3.8, 4) is 5.75 Å². The summed E-state index contributed by atoms with van der Waals surface area (Å²) in [5.74, 6) is 1.51. The molecule has 1 aromatic heterocycles. The second-order valence-electron chi connectivity index (χ2n) is 10.8. The van der Waals surface area contributed by atoms with Crippen LogP contribution in [-0.2, 0) is 25.8 Å². The van der Waals surface area contributed by atoms with Crippen molar-refractivity contribution in [3.05, 3.63) is 76.7 Å². The fourth-order valence-corrected chi connectivity index (χ4v) is 6.30. The first-order valence-corrected chi connectivity index (χ1v) is 14.2. The lowest BCUT2D eigenvalue weighted by Gasteiger charge is -2.38. The Kier molecular flexibility index (Phi) is 7.28. The summed E-state index contributed by atoms with van der Waals surface area (Å²) in [4.78, 5) is 41.4. The largest absolute Gasteiger partial charge is 0.497 e. The lowest BCUT2D eigenvalue weighted by atomic mass is 9.93. The van der Waals surface area contributed by atoms with Crippen LogP contribution in [0, 0.1) is 0 Å². The standard InChI is InChI=1S/C31H36N6O3/c1-3-21-5-4-6-23-19-36(15-12-26(21)23)30(38)28-18-29(33-20-32-28)35-13-10-24(11-14-35)37-16-9-22-17-25(40-2)7-8-27(22)34-31(37)39/h4-8,17-18,20,24H,3,9-16,19H2,1-2H3,(H,34,39). The molecular formula is C31H36N6O3. The number of hydrogen-bond acceptors (Lipinski definition) is 6. The quantitative estimate of drug-likeness (QED) is 0.519. The van der Waals surface area contributed by atoms with Crippen molar-refractivity contribution in [2.24, 2.45) is 0 Å². The van der Waals surface area contributed by atoms with Gasteiger partial charge in [0.25, 0.3) is 5.91 Å². The first-order chi connectivity index (χ1) is 19.5. The van der Waals surface area contributed by atoms with E-state index in [2.05, 4.69) is 45.3 Å². The summed E-state index contributed by atoms with van der Waals surface area (Å²) < 4.78 is 5.36. The molecule has 0 atom stereocenters. The SMILES string of the molecule is CCc1cccc2c1CCN(C(=O)c1cc(N3CCC(N4CCc5cc(OC)ccc5NC4=O)CC3)ncn1)C2. The predicted molar refractivity (Wildman–Crippen MR) is 154 cm³/mol. The fourth-order valence-electron chi connectivity index (χ4n) is 6.30. The Labute approximate surface area is 235 Å². The molecule has 0 aliphatic carbocycles. The summed E-state index contributed by atoms with van der Waals surface area (Å²) in [6.45, 7) is 5.68. The Hall–Kier alpha value is -4.14. The Morgan fingerprint density at radius 2 is 1.88 bits per heavy atom. The number of benzene rings is 2. The number of ether oxygens (including phenoxy) is 1. The molecule has 9 heteroatoms. The number of amides is 3. The van der Waals surface area contributed by atoms with Crippen LogP contribution in [0.3, 0.4) is 0 Å². The van der Waals surface area contributed by atoms with E-state index in [1.165, 1.54) is 23.0 Å². The number of carbonyl (C=O) groups is 2. The minimum Gasteiger partial charge on any atom is -0.497 e. The molecule has 2 aromatic carbocycles. The summed E-state index contributed by atoms with van der Waals surface area (Å²) in [6, 6.07) is 14.1. The minimum atomic E-state index is -0.0523. The highest BCUT2D eigenvalue weighted by Gasteiger charge is 2.31. The lowest BCUT2D eigenvalue weighted by Crippen LogP contribution is -2.49. The van der Waals surface area contributed by atoms with Crippen LogP contribution < -0.4 is 15.0 Å². The van der Waals surface area contributed by atoms with E-state index in [1.807, 2.05) is 34.1 Å². The second kappa shape index (κ2) is 11.2. The molecule has 3 amide bonds. The topological polar surface area (TPSA) is 90.9 Å². The van der Waals surface area contributed by atoms with Gasteiger partial charge in [-0.1, -0.05) is 25.1 Å². The van der Waals surface area contributed by atoms with E-state index in [-0.39, 0.29) is 18.0 Å². The van der Waals surface area contributed by atoms with Gasteiger partial charge in [0, 0.05) is 50.5 Å². The number of urea groups is 1. The zero-order valence-electron chi connectivity index (χ0n) is 23.2. The van der Waals surface area contributed by atoms with E-state index < -0.39 is 0 Å². The van der Waals surface area contributed by atoms with Crippen LogP contribution in [-0.4, -0.2) is 71.0 Å². The van der Waals surface area contributed by atoms with Crippen molar-refractivity contribution in [1.82, 2.24) is 19.8 Å². The molecule has 0 bridgehead atoms.